The lowest BCUT2D eigenvalue weighted by Crippen LogP contribution is -2.25. The summed E-state index contributed by atoms with van der Waals surface area (Å²) in [7, 11) is 1.95. The number of benzene rings is 1. The number of nitrogens with one attached hydrogen (secondary N) is 1. The molecule has 2 rings (SSSR count). The lowest BCUT2D eigenvalue weighted by Gasteiger charge is -2.23. The minimum atomic E-state index is 0.704. The third-order valence-electron chi connectivity index (χ3n) is 3.04. The zero-order chi connectivity index (χ0) is 9.97. The van der Waals surface area contributed by atoms with E-state index in [1.165, 1.54) is 30.8 Å². The summed E-state index contributed by atoms with van der Waals surface area (Å²) in [5, 5.41) is 3.14. The average molecular weight is 190 g/mol. The normalized spacial score (nSPS) is 21.3. The molecule has 1 aromatic carbocycles. The first kappa shape index (κ1) is 9.38. The quantitative estimate of drug-likeness (QED) is 0.771. The highest BCUT2D eigenvalue weighted by atomic mass is 15.2. The van der Waals surface area contributed by atoms with E-state index in [0.717, 1.165) is 0 Å². The molecule has 2 heteroatoms. The van der Waals surface area contributed by atoms with E-state index in [0.29, 0.717) is 6.04 Å². The van der Waals surface area contributed by atoms with Crippen molar-refractivity contribution in [2.24, 2.45) is 0 Å². The summed E-state index contributed by atoms with van der Waals surface area (Å²) in [6.45, 7) is 3.51. The molecule has 1 heterocycles. The van der Waals surface area contributed by atoms with Crippen molar-refractivity contribution < 1.29 is 0 Å². The number of rotatable bonds is 2. The molecule has 0 aliphatic carbocycles. The fraction of sp³-hybridized carbons (Fsp3) is 0.500. The second-order valence-electron chi connectivity index (χ2n) is 3.98. The second kappa shape index (κ2) is 3.91. The molecule has 0 bridgehead atoms. The zero-order valence-corrected chi connectivity index (χ0v) is 8.96. The Balaban J connectivity index is 2.16. The first-order valence-corrected chi connectivity index (χ1v) is 5.35. The molecule has 76 valence electrons. The number of hydrogen-bond donors (Lipinski definition) is 1. The third-order valence-corrected chi connectivity index (χ3v) is 3.04. The fourth-order valence-corrected chi connectivity index (χ4v) is 2.14. The lowest BCUT2D eigenvalue weighted by atomic mass is 10.2. The van der Waals surface area contributed by atoms with E-state index >= 15 is 0 Å². The summed E-state index contributed by atoms with van der Waals surface area (Å²) in [4.78, 5) is 2.49. The first-order valence-electron chi connectivity index (χ1n) is 5.35. The summed E-state index contributed by atoms with van der Waals surface area (Å²) in [5.74, 6) is 0. The second-order valence-corrected chi connectivity index (χ2v) is 3.98. The van der Waals surface area contributed by atoms with Gasteiger partial charge >= 0.3 is 0 Å². The van der Waals surface area contributed by atoms with Crippen LogP contribution in [0.3, 0.4) is 0 Å². The van der Waals surface area contributed by atoms with Crippen LogP contribution in [-0.4, -0.2) is 19.6 Å². The van der Waals surface area contributed by atoms with Gasteiger partial charge in [-0.2, -0.15) is 0 Å². The van der Waals surface area contributed by atoms with Gasteiger partial charge < -0.3 is 10.2 Å². The Bertz CT molecular complexity index is 292. The molecule has 1 N–H and O–H groups in total. The molecule has 1 aromatic rings. The van der Waals surface area contributed by atoms with E-state index in [1.807, 2.05) is 7.05 Å². The molecule has 0 spiro atoms. The highest BCUT2D eigenvalue weighted by molar-refractivity contribution is 5.55. The van der Waals surface area contributed by atoms with Crippen LogP contribution in [-0.2, 0) is 0 Å². The molecule has 0 radical (unpaired) electrons. The molecule has 1 aliphatic rings. The Kier molecular flexibility index (Phi) is 2.62. The number of anilines is 2. The van der Waals surface area contributed by atoms with Crippen LogP contribution in [0.5, 0.6) is 0 Å². The van der Waals surface area contributed by atoms with Crippen molar-refractivity contribution in [1.29, 1.82) is 0 Å². The highest BCUT2D eigenvalue weighted by Gasteiger charge is 2.19. The van der Waals surface area contributed by atoms with Crippen LogP contribution >= 0.6 is 0 Å². The summed E-state index contributed by atoms with van der Waals surface area (Å²) in [6, 6.07) is 9.39. The van der Waals surface area contributed by atoms with E-state index in [-0.39, 0.29) is 0 Å². The van der Waals surface area contributed by atoms with Gasteiger partial charge in [0.2, 0.25) is 0 Å². The van der Waals surface area contributed by atoms with Gasteiger partial charge in [-0.05, 0) is 44.0 Å². The fourth-order valence-electron chi connectivity index (χ4n) is 2.14. The van der Waals surface area contributed by atoms with Gasteiger partial charge in [0, 0.05) is 31.0 Å². The predicted molar refractivity (Wildman–Crippen MR) is 62.0 cm³/mol. The SMILES string of the molecule is CNc1ccc(N2CCCC2C)cc1. The Labute approximate surface area is 85.9 Å². The van der Waals surface area contributed by atoms with Gasteiger partial charge in [-0.3, -0.25) is 0 Å². The smallest absolute Gasteiger partial charge is 0.0370 e. The van der Waals surface area contributed by atoms with Crippen molar-refractivity contribution in [1.82, 2.24) is 0 Å². The van der Waals surface area contributed by atoms with Gasteiger partial charge in [0.25, 0.3) is 0 Å². The summed E-state index contributed by atoms with van der Waals surface area (Å²) in [5.41, 5.74) is 2.54. The maximum absolute atomic E-state index is 3.14. The van der Waals surface area contributed by atoms with Crippen LogP contribution in [0.2, 0.25) is 0 Å². The largest absolute Gasteiger partial charge is 0.388 e. The molecular formula is C12H18N2. The van der Waals surface area contributed by atoms with E-state index in [2.05, 4.69) is 41.4 Å². The Morgan fingerprint density at radius 3 is 2.50 bits per heavy atom. The molecule has 0 aromatic heterocycles. The Morgan fingerprint density at radius 2 is 2.00 bits per heavy atom. The monoisotopic (exact) mass is 190 g/mol. The van der Waals surface area contributed by atoms with Crippen molar-refractivity contribution >= 4 is 11.4 Å². The minimum Gasteiger partial charge on any atom is -0.388 e. The predicted octanol–water partition coefficient (Wildman–Crippen LogP) is 2.72. The molecule has 1 aliphatic heterocycles. The van der Waals surface area contributed by atoms with Crippen LogP contribution in [0.25, 0.3) is 0 Å². The molecular weight excluding hydrogens is 172 g/mol. The first-order chi connectivity index (χ1) is 6.81. The average Bonchev–Trinajstić information content (AvgIpc) is 2.65. The van der Waals surface area contributed by atoms with Crippen molar-refractivity contribution in [2.75, 3.05) is 23.8 Å². The minimum absolute atomic E-state index is 0.704. The molecule has 1 saturated heterocycles. The van der Waals surface area contributed by atoms with Gasteiger partial charge in [0.05, 0.1) is 0 Å². The van der Waals surface area contributed by atoms with Gasteiger partial charge in [-0.25, -0.2) is 0 Å². The van der Waals surface area contributed by atoms with Gasteiger partial charge in [0.1, 0.15) is 0 Å². The maximum atomic E-state index is 3.14. The number of nitrogens with zero attached hydrogens (tertiary/aromatic N) is 1. The summed E-state index contributed by atoms with van der Waals surface area (Å²) in [6.07, 6.45) is 2.66. The van der Waals surface area contributed by atoms with Crippen molar-refractivity contribution in [3.63, 3.8) is 0 Å². The van der Waals surface area contributed by atoms with E-state index in [1.54, 1.807) is 0 Å². The standard InChI is InChI=1S/C12H18N2/c1-10-4-3-9-14(10)12-7-5-11(13-2)6-8-12/h5-8,10,13H,3-4,9H2,1-2H3. The van der Waals surface area contributed by atoms with Crippen LogP contribution in [0.15, 0.2) is 24.3 Å². The van der Waals surface area contributed by atoms with Crippen molar-refractivity contribution in [2.45, 2.75) is 25.8 Å². The molecule has 0 saturated carbocycles. The van der Waals surface area contributed by atoms with Crippen LogP contribution < -0.4 is 10.2 Å². The molecule has 1 unspecified atom stereocenters. The maximum Gasteiger partial charge on any atom is 0.0370 e. The van der Waals surface area contributed by atoms with Crippen molar-refractivity contribution in [3.8, 4) is 0 Å². The van der Waals surface area contributed by atoms with Crippen LogP contribution in [0.1, 0.15) is 19.8 Å². The summed E-state index contributed by atoms with van der Waals surface area (Å²) < 4.78 is 0. The van der Waals surface area contributed by atoms with Crippen LogP contribution in [0.4, 0.5) is 11.4 Å². The highest BCUT2D eigenvalue weighted by Crippen LogP contribution is 2.26. The zero-order valence-electron chi connectivity index (χ0n) is 8.96. The van der Waals surface area contributed by atoms with Gasteiger partial charge in [-0.15, -0.1) is 0 Å². The van der Waals surface area contributed by atoms with Gasteiger partial charge in [0.15, 0.2) is 0 Å². The topological polar surface area (TPSA) is 15.3 Å². The van der Waals surface area contributed by atoms with Crippen LogP contribution in [0, 0.1) is 0 Å². The molecule has 0 amide bonds. The lowest BCUT2D eigenvalue weighted by molar-refractivity contribution is 0.735. The summed E-state index contributed by atoms with van der Waals surface area (Å²) >= 11 is 0. The van der Waals surface area contributed by atoms with Crippen molar-refractivity contribution in [3.05, 3.63) is 24.3 Å². The third kappa shape index (κ3) is 1.69. The Morgan fingerprint density at radius 1 is 1.29 bits per heavy atom. The Hall–Kier alpha value is -1.18. The number of hydrogen-bond acceptors (Lipinski definition) is 2. The van der Waals surface area contributed by atoms with Gasteiger partial charge in [-0.1, -0.05) is 0 Å². The molecule has 14 heavy (non-hydrogen) atoms. The molecule has 2 nitrogen and oxygen atoms in total. The van der Waals surface area contributed by atoms with E-state index in [4.69, 9.17) is 0 Å². The molecule has 1 fully saturated rings. The van der Waals surface area contributed by atoms with E-state index < -0.39 is 0 Å². The van der Waals surface area contributed by atoms with E-state index in [9.17, 15) is 0 Å². The molecule has 1 atom stereocenters.